The fourth-order valence-corrected chi connectivity index (χ4v) is 2.84. The molecule has 0 spiro atoms. The maximum Gasteiger partial charge on any atom is 0.273 e. The number of hydrogen-bond acceptors (Lipinski definition) is 5. The first-order chi connectivity index (χ1) is 8.71. The molecule has 0 fully saturated rings. The zero-order valence-corrected chi connectivity index (χ0v) is 11.7. The predicted octanol–water partition coefficient (Wildman–Crippen LogP) is 0.905. The summed E-state index contributed by atoms with van der Waals surface area (Å²) in [6, 6.07) is 3.14. The molecule has 1 N–H and O–H groups in total. The number of hydrogen-bond donors (Lipinski definition) is 1. The summed E-state index contributed by atoms with van der Waals surface area (Å²) < 4.78 is 25.4. The molecule has 106 valence electrons. The van der Waals surface area contributed by atoms with Crippen molar-refractivity contribution in [1.29, 1.82) is 0 Å². The number of nitro benzene ring substituents is 1. The topological polar surface area (TPSA) is 101 Å². The standard InChI is InChI=1S/C11H16N2O5S/c1-8-4-5-10(6-11(8)13(15)16)19(17,18)12(3)9(2)7-14/h4-6,9,14H,7H2,1-3H3. The monoisotopic (exact) mass is 288 g/mol. The van der Waals surface area contributed by atoms with Crippen LogP contribution in [0.25, 0.3) is 0 Å². The predicted molar refractivity (Wildman–Crippen MR) is 69.3 cm³/mol. The van der Waals surface area contributed by atoms with E-state index < -0.39 is 21.0 Å². The van der Waals surface area contributed by atoms with Crippen molar-refractivity contribution >= 4 is 15.7 Å². The van der Waals surface area contributed by atoms with E-state index in [9.17, 15) is 18.5 Å². The first-order valence-corrected chi connectivity index (χ1v) is 6.99. The summed E-state index contributed by atoms with van der Waals surface area (Å²) in [5.74, 6) is 0. The Bertz CT molecular complexity index is 585. The molecule has 0 amide bonds. The van der Waals surface area contributed by atoms with Gasteiger partial charge in [0.05, 0.1) is 16.4 Å². The highest BCUT2D eigenvalue weighted by Gasteiger charge is 2.27. The Morgan fingerprint density at radius 1 is 1.47 bits per heavy atom. The van der Waals surface area contributed by atoms with Crippen molar-refractivity contribution in [2.24, 2.45) is 0 Å². The molecule has 0 saturated carbocycles. The van der Waals surface area contributed by atoms with Gasteiger partial charge in [0, 0.05) is 24.7 Å². The van der Waals surface area contributed by atoms with Gasteiger partial charge in [-0.15, -0.1) is 0 Å². The van der Waals surface area contributed by atoms with Crippen molar-refractivity contribution in [3.05, 3.63) is 33.9 Å². The summed E-state index contributed by atoms with van der Waals surface area (Å²) in [7, 11) is -2.53. The van der Waals surface area contributed by atoms with Crippen LogP contribution < -0.4 is 0 Å². The minimum atomic E-state index is -3.85. The summed E-state index contributed by atoms with van der Waals surface area (Å²) in [6.45, 7) is 2.75. The van der Waals surface area contributed by atoms with Crippen LogP contribution in [0.3, 0.4) is 0 Å². The zero-order chi connectivity index (χ0) is 14.8. The molecular formula is C11H16N2O5S. The Hall–Kier alpha value is -1.51. The normalized spacial score (nSPS) is 13.5. The van der Waals surface area contributed by atoms with Crippen LogP contribution in [0.5, 0.6) is 0 Å². The molecule has 0 saturated heterocycles. The van der Waals surface area contributed by atoms with E-state index in [4.69, 9.17) is 5.11 Å². The Labute approximate surface area is 111 Å². The molecule has 0 aromatic heterocycles. The summed E-state index contributed by atoms with van der Waals surface area (Å²) in [4.78, 5) is 10.0. The number of nitro groups is 1. The van der Waals surface area contributed by atoms with Crippen LogP contribution in [-0.2, 0) is 10.0 Å². The summed E-state index contributed by atoms with van der Waals surface area (Å²) in [5, 5.41) is 19.8. The largest absolute Gasteiger partial charge is 0.395 e. The average Bonchev–Trinajstić information content (AvgIpc) is 2.36. The van der Waals surface area contributed by atoms with E-state index >= 15 is 0 Å². The highest BCUT2D eigenvalue weighted by molar-refractivity contribution is 7.89. The number of aliphatic hydroxyl groups is 1. The Morgan fingerprint density at radius 2 is 2.05 bits per heavy atom. The molecule has 1 unspecified atom stereocenters. The molecule has 1 aromatic carbocycles. The van der Waals surface area contributed by atoms with E-state index in [0.717, 1.165) is 10.4 Å². The third-order valence-electron chi connectivity index (χ3n) is 2.94. The van der Waals surface area contributed by atoms with E-state index in [1.807, 2.05) is 0 Å². The quantitative estimate of drug-likeness (QED) is 0.641. The lowest BCUT2D eigenvalue weighted by Gasteiger charge is -2.22. The molecule has 0 aliphatic heterocycles. The lowest BCUT2D eigenvalue weighted by Crippen LogP contribution is -2.37. The molecule has 0 heterocycles. The SMILES string of the molecule is Cc1ccc(S(=O)(=O)N(C)C(C)CO)cc1[N+](=O)[O-]. The molecule has 0 bridgehead atoms. The van der Waals surface area contributed by atoms with Crippen LogP contribution >= 0.6 is 0 Å². The van der Waals surface area contributed by atoms with Gasteiger partial charge in [-0.1, -0.05) is 6.07 Å². The van der Waals surface area contributed by atoms with Gasteiger partial charge in [-0.2, -0.15) is 4.31 Å². The van der Waals surface area contributed by atoms with Gasteiger partial charge in [-0.05, 0) is 19.9 Å². The van der Waals surface area contributed by atoms with E-state index in [1.165, 1.54) is 26.1 Å². The van der Waals surface area contributed by atoms with Gasteiger partial charge in [0.2, 0.25) is 10.0 Å². The molecule has 1 rings (SSSR count). The van der Waals surface area contributed by atoms with Crippen LogP contribution in [-0.4, -0.2) is 42.4 Å². The molecule has 8 heteroatoms. The molecule has 0 aliphatic rings. The molecule has 19 heavy (non-hydrogen) atoms. The Kier molecular flexibility index (Phi) is 4.61. The number of benzene rings is 1. The summed E-state index contributed by atoms with van der Waals surface area (Å²) in [5.41, 5.74) is 0.146. The number of rotatable bonds is 5. The van der Waals surface area contributed by atoms with E-state index in [1.54, 1.807) is 6.92 Å². The van der Waals surface area contributed by atoms with Gasteiger partial charge in [-0.25, -0.2) is 8.42 Å². The van der Waals surface area contributed by atoms with Crippen molar-refractivity contribution in [3.8, 4) is 0 Å². The second-order valence-corrected chi connectivity index (χ2v) is 6.26. The second kappa shape index (κ2) is 5.64. The van der Waals surface area contributed by atoms with Crippen LogP contribution in [0.1, 0.15) is 12.5 Å². The smallest absolute Gasteiger partial charge is 0.273 e. The summed E-state index contributed by atoms with van der Waals surface area (Å²) in [6.07, 6.45) is 0. The van der Waals surface area contributed by atoms with Crippen LogP contribution in [0.15, 0.2) is 23.1 Å². The highest BCUT2D eigenvalue weighted by Crippen LogP contribution is 2.24. The first-order valence-electron chi connectivity index (χ1n) is 5.55. The lowest BCUT2D eigenvalue weighted by molar-refractivity contribution is -0.385. The Balaban J connectivity index is 3.30. The second-order valence-electron chi connectivity index (χ2n) is 4.26. The third kappa shape index (κ3) is 3.09. The fraction of sp³-hybridized carbons (Fsp3) is 0.455. The maximum atomic E-state index is 12.2. The van der Waals surface area contributed by atoms with Gasteiger partial charge < -0.3 is 5.11 Å². The van der Waals surface area contributed by atoms with Crippen LogP contribution in [0, 0.1) is 17.0 Å². The number of sulfonamides is 1. The number of aryl methyl sites for hydroxylation is 1. The van der Waals surface area contributed by atoms with Crippen molar-refractivity contribution in [3.63, 3.8) is 0 Å². The molecule has 1 atom stereocenters. The van der Waals surface area contributed by atoms with E-state index in [-0.39, 0.29) is 17.2 Å². The molecule has 0 radical (unpaired) electrons. The molecule has 0 aliphatic carbocycles. The first kappa shape index (κ1) is 15.5. The van der Waals surface area contributed by atoms with Gasteiger partial charge in [0.15, 0.2) is 0 Å². The fourth-order valence-electron chi connectivity index (χ4n) is 1.46. The number of likely N-dealkylation sites (N-methyl/N-ethyl adjacent to an activating group) is 1. The van der Waals surface area contributed by atoms with Gasteiger partial charge in [-0.3, -0.25) is 10.1 Å². The third-order valence-corrected chi connectivity index (χ3v) is 4.91. The van der Waals surface area contributed by atoms with E-state index in [0.29, 0.717) is 5.56 Å². The zero-order valence-electron chi connectivity index (χ0n) is 10.9. The molecule has 7 nitrogen and oxygen atoms in total. The Morgan fingerprint density at radius 3 is 2.53 bits per heavy atom. The average molecular weight is 288 g/mol. The number of aliphatic hydroxyl groups excluding tert-OH is 1. The maximum absolute atomic E-state index is 12.2. The highest BCUT2D eigenvalue weighted by atomic mass is 32.2. The van der Waals surface area contributed by atoms with Gasteiger partial charge in [0.25, 0.3) is 5.69 Å². The van der Waals surface area contributed by atoms with Crippen molar-refractivity contribution in [2.75, 3.05) is 13.7 Å². The minimum absolute atomic E-state index is 0.160. The van der Waals surface area contributed by atoms with Crippen LogP contribution in [0.2, 0.25) is 0 Å². The van der Waals surface area contributed by atoms with Crippen molar-refractivity contribution < 1.29 is 18.4 Å². The minimum Gasteiger partial charge on any atom is -0.395 e. The van der Waals surface area contributed by atoms with Crippen molar-refractivity contribution in [1.82, 2.24) is 4.31 Å². The van der Waals surface area contributed by atoms with Crippen molar-refractivity contribution in [2.45, 2.75) is 24.8 Å². The molecule has 1 aromatic rings. The summed E-state index contributed by atoms with van der Waals surface area (Å²) >= 11 is 0. The van der Waals surface area contributed by atoms with Gasteiger partial charge in [0.1, 0.15) is 0 Å². The number of nitrogens with zero attached hydrogens (tertiary/aromatic N) is 2. The molecular weight excluding hydrogens is 272 g/mol. The van der Waals surface area contributed by atoms with E-state index in [2.05, 4.69) is 0 Å². The lowest BCUT2D eigenvalue weighted by atomic mass is 10.2. The van der Waals surface area contributed by atoms with Crippen LogP contribution in [0.4, 0.5) is 5.69 Å². The van der Waals surface area contributed by atoms with Gasteiger partial charge >= 0.3 is 0 Å².